The van der Waals surface area contributed by atoms with Crippen LogP contribution in [0, 0.1) is 5.82 Å². The number of alkyl halides is 2. The second-order valence-corrected chi connectivity index (χ2v) is 5.04. The molecule has 0 bridgehead atoms. The van der Waals surface area contributed by atoms with Gasteiger partial charge in [-0.25, -0.2) is 4.39 Å². The number of ether oxygens (including phenoxy) is 2. The number of rotatable bonds is 5. The molecule has 2 aromatic carbocycles. The maximum absolute atomic E-state index is 13.5. The minimum Gasteiger partial charge on any atom is -0.496 e. The van der Waals surface area contributed by atoms with E-state index in [1.54, 1.807) is 24.3 Å². The zero-order chi connectivity index (χ0) is 15.4. The molecular weight excluding hydrogens is 303 g/mol. The first-order chi connectivity index (χ1) is 10.0. The second-order valence-electron chi connectivity index (χ2n) is 3.95. The summed E-state index contributed by atoms with van der Waals surface area (Å²) in [6.07, 6.45) is 0. The first kappa shape index (κ1) is 15.4. The topological polar surface area (TPSA) is 44.5 Å². The van der Waals surface area contributed by atoms with Crippen LogP contribution in [-0.4, -0.2) is 13.7 Å². The van der Waals surface area contributed by atoms with Gasteiger partial charge < -0.3 is 15.2 Å². The molecule has 0 saturated carbocycles. The van der Waals surface area contributed by atoms with Gasteiger partial charge in [-0.1, -0.05) is 23.9 Å². The summed E-state index contributed by atoms with van der Waals surface area (Å²) in [6.45, 7) is -3.10. The van der Waals surface area contributed by atoms with Crippen molar-refractivity contribution >= 4 is 17.4 Å². The molecule has 0 heterocycles. The Kier molecular flexibility index (Phi) is 4.85. The van der Waals surface area contributed by atoms with E-state index in [0.29, 0.717) is 10.6 Å². The molecule has 0 aliphatic carbocycles. The fraction of sp³-hybridized carbons (Fsp3) is 0.143. The summed E-state index contributed by atoms with van der Waals surface area (Å²) >= 11 is 1.17. The van der Waals surface area contributed by atoms with Crippen molar-refractivity contribution in [2.24, 2.45) is 0 Å². The molecule has 0 unspecified atom stereocenters. The van der Waals surface area contributed by atoms with Crippen LogP contribution >= 0.6 is 11.8 Å². The maximum Gasteiger partial charge on any atom is 0.387 e. The molecule has 0 radical (unpaired) electrons. The van der Waals surface area contributed by atoms with E-state index >= 15 is 0 Å². The Morgan fingerprint density at radius 1 is 1.10 bits per heavy atom. The maximum atomic E-state index is 13.5. The molecule has 2 aromatic rings. The number of nitrogen functional groups attached to an aromatic ring is 1. The summed E-state index contributed by atoms with van der Waals surface area (Å²) in [6, 6.07) is 9.21. The third-order valence-corrected chi connectivity index (χ3v) is 3.70. The van der Waals surface area contributed by atoms with Gasteiger partial charge in [0, 0.05) is 16.6 Å². The molecule has 0 aliphatic heterocycles. The smallest absolute Gasteiger partial charge is 0.387 e. The van der Waals surface area contributed by atoms with Gasteiger partial charge in [-0.05, 0) is 18.2 Å². The van der Waals surface area contributed by atoms with Gasteiger partial charge in [0.15, 0.2) is 11.6 Å². The molecule has 0 spiro atoms. The lowest BCUT2D eigenvalue weighted by Crippen LogP contribution is -2.04. The molecule has 0 saturated heterocycles. The Labute approximate surface area is 123 Å². The Hall–Kier alpha value is -2.02. The van der Waals surface area contributed by atoms with Crippen molar-refractivity contribution in [2.45, 2.75) is 16.4 Å². The van der Waals surface area contributed by atoms with E-state index in [1.165, 1.54) is 18.9 Å². The van der Waals surface area contributed by atoms with Gasteiger partial charge in [-0.15, -0.1) is 0 Å². The highest BCUT2D eigenvalue weighted by Crippen LogP contribution is 2.40. The average molecular weight is 315 g/mol. The molecule has 3 nitrogen and oxygen atoms in total. The van der Waals surface area contributed by atoms with Gasteiger partial charge in [0.2, 0.25) is 0 Å². The van der Waals surface area contributed by atoms with Gasteiger partial charge in [0.25, 0.3) is 0 Å². The number of hydrogen-bond acceptors (Lipinski definition) is 4. The molecule has 2 N–H and O–H groups in total. The number of methoxy groups -OCH3 is 1. The normalized spacial score (nSPS) is 10.7. The number of nitrogens with two attached hydrogens (primary N) is 1. The Balaban J connectivity index is 2.35. The quantitative estimate of drug-likeness (QED) is 0.841. The molecule has 0 atom stereocenters. The molecular formula is C14H12F3NO2S. The molecule has 0 fully saturated rings. The molecule has 0 aromatic heterocycles. The van der Waals surface area contributed by atoms with Gasteiger partial charge in [-0.2, -0.15) is 8.78 Å². The van der Waals surface area contributed by atoms with Crippen molar-refractivity contribution in [2.75, 3.05) is 12.8 Å². The van der Waals surface area contributed by atoms with E-state index in [2.05, 4.69) is 4.74 Å². The molecule has 2 rings (SSSR count). The van der Waals surface area contributed by atoms with Crippen LogP contribution in [0.25, 0.3) is 0 Å². The van der Waals surface area contributed by atoms with E-state index in [9.17, 15) is 13.2 Å². The summed E-state index contributed by atoms with van der Waals surface area (Å²) in [5.41, 5.74) is 5.85. The van der Waals surface area contributed by atoms with Gasteiger partial charge in [0.1, 0.15) is 5.75 Å². The summed E-state index contributed by atoms with van der Waals surface area (Å²) in [4.78, 5) is 1.12. The zero-order valence-electron chi connectivity index (χ0n) is 11.0. The summed E-state index contributed by atoms with van der Waals surface area (Å²) in [7, 11) is 1.51. The third kappa shape index (κ3) is 3.75. The van der Waals surface area contributed by atoms with Crippen molar-refractivity contribution < 1.29 is 22.6 Å². The van der Waals surface area contributed by atoms with Crippen LogP contribution in [-0.2, 0) is 0 Å². The minimum atomic E-state index is -3.10. The van der Waals surface area contributed by atoms with Gasteiger partial charge in [-0.3, -0.25) is 0 Å². The standard InChI is InChI=1S/C14H12F3NO2S/c1-19-10-4-2-3-5-12(10)21-13-7-11(20-14(16)17)8(15)6-9(13)18/h2-7,14H,18H2,1H3. The van der Waals surface area contributed by atoms with Crippen molar-refractivity contribution in [3.05, 3.63) is 42.2 Å². The zero-order valence-corrected chi connectivity index (χ0v) is 11.8. The lowest BCUT2D eigenvalue weighted by molar-refractivity contribution is -0.0523. The molecule has 112 valence electrons. The van der Waals surface area contributed by atoms with Crippen LogP contribution in [0.4, 0.5) is 18.9 Å². The largest absolute Gasteiger partial charge is 0.496 e. The minimum absolute atomic E-state index is 0.130. The van der Waals surface area contributed by atoms with E-state index in [-0.39, 0.29) is 5.69 Å². The fourth-order valence-electron chi connectivity index (χ4n) is 1.65. The molecule has 21 heavy (non-hydrogen) atoms. The lowest BCUT2D eigenvalue weighted by atomic mass is 10.3. The highest BCUT2D eigenvalue weighted by Gasteiger charge is 2.15. The number of para-hydroxylation sites is 1. The molecule has 0 amide bonds. The second kappa shape index (κ2) is 6.62. The fourth-order valence-corrected chi connectivity index (χ4v) is 2.62. The molecule has 0 aliphatic rings. The summed E-state index contributed by atoms with van der Waals surface area (Å²) in [5.74, 6) is -0.878. The number of hydrogen-bond donors (Lipinski definition) is 1. The van der Waals surface area contributed by atoms with E-state index in [0.717, 1.165) is 17.0 Å². The number of anilines is 1. The van der Waals surface area contributed by atoms with Gasteiger partial charge >= 0.3 is 6.61 Å². The summed E-state index contributed by atoms with van der Waals surface area (Å²) in [5, 5.41) is 0. The van der Waals surface area contributed by atoms with Crippen LogP contribution in [0.5, 0.6) is 11.5 Å². The van der Waals surface area contributed by atoms with Crippen molar-refractivity contribution in [1.82, 2.24) is 0 Å². The monoisotopic (exact) mass is 315 g/mol. The third-order valence-electron chi connectivity index (χ3n) is 2.57. The van der Waals surface area contributed by atoms with Crippen LogP contribution in [0.3, 0.4) is 0 Å². The predicted octanol–water partition coefficient (Wildman–Crippen LogP) is 4.17. The Morgan fingerprint density at radius 2 is 1.81 bits per heavy atom. The van der Waals surface area contributed by atoms with E-state index in [1.807, 2.05) is 0 Å². The Morgan fingerprint density at radius 3 is 2.48 bits per heavy atom. The lowest BCUT2D eigenvalue weighted by Gasteiger charge is -2.12. The summed E-state index contributed by atoms with van der Waals surface area (Å²) < 4.78 is 47.3. The van der Waals surface area contributed by atoms with E-state index in [4.69, 9.17) is 10.5 Å². The molecule has 7 heteroatoms. The van der Waals surface area contributed by atoms with Crippen molar-refractivity contribution in [3.8, 4) is 11.5 Å². The average Bonchev–Trinajstić information content (AvgIpc) is 2.44. The van der Waals surface area contributed by atoms with Gasteiger partial charge in [0.05, 0.1) is 12.0 Å². The first-order valence-electron chi connectivity index (χ1n) is 5.86. The number of benzene rings is 2. The van der Waals surface area contributed by atoms with Crippen molar-refractivity contribution in [3.63, 3.8) is 0 Å². The van der Waals surface area contributed by atoms with E-state index < -0.39 is 18.2 Å². The number of halogens is 3. The highest BCUT2D eigenvalue weighted by molar-refractivity contribution is 7.99. The van der Waals surface area contributed by atoms with Crippen LogP contribution in [0.2, 0.25) is 0 Å². The SMILES string of the molecule is COc1ccccc1Sc1cc(OC(F)F)c(F)cc1N. The van der Waals surface area contributed by atoms with Crippen LogP contribution < -0.4 is 15.2 Å². The first-order valence-corrected chi connectivity index (χ1v) is 6.67. The van der Waals surface area contributed by atoms with Crippen molar-refractivity contribution in [1.29, 1.82) is 0 Å². The Bertz CT molecular complexity index is 638. The van der Waals surface area contributed by atoms with Crippen LogP contribution in [0.1, 0.15) is 0 Å². The van der Waals surface area contributed by atoms with Crippen LogP contribution in [0.15, 0.2) is 46.2 Å². The highest BCUT2D eigenvalue weighted by atomic mass is 32.2. The predicted molar refractivity (Wildman–Crippen MR) is 74.6 cm³/mol.